The van der Waals surface area contributed by atoms with E-state index >= 15 is 0 Å². The van der Waals surface area contributed by atoms with E-state index in [0.29, 0.717) is 0 Å². The van der Waals surface area contributed by atoms with Crippen LogP contribution in [0.3, 0.4) is 0 Å². The number of nitrogens with zero attached hydrogens (tertiary/aromatic N) is 2. The fourth-order valence-electron chi connectivity index (χ4n) is 2.60. The fraction of sp³-hybridized carbons (Fsp3) is 0. The van der Waals surface area contributed by atoms with Crippen molar-refractivity contribution in [2.24, 2.45) is 0 Å². The topological polar surface area (TPSA) is 17.3 Å². The van der Waals surface area contributed by atoms with Gasteiger partial charge in [-0.25, -0.2) is 4.98 Å². The quantitative estimate of drug-likeness (QED) is 0.517. The highest BCUT2D eigenvalue weighted by Crippen LogP contribution is 2.24. The van der Waals surface area contributed by atoms with Crippen LogP contribution in [0.15, 0.2) is 85.2 Å². The minimum atomic E-state index is 0.966. The van der Waals surface area contributed by atoms with Crippen LogP contribution in [0.4, 0.5) is 0 Å². The molecule has 2 heterocycles. The van der Waals surface area contributed by atoms with Gasteiger partial charge in [-0.05, 0) is 23.3 Å². The zero-order valence-corrected chi connectivity index (χ0v) is 11.5. The summed E-state index contributed by atoms with van der Waals surface area (Å²) in [6, 6.07) is 24.9. The summed E-state index contributed by atoms with van der Waals surface area (Å²) in [4.78, 5) is 4.49. The summed E-state index contributed by atoms with van der Waals surface area (Å²) in [5, 5.41) is 0. The van der Waals surface area contributed by atoms with Gasteiger partial charge in [0.15, 0.2) is 0 Å². The highest BCUT2D eigenvalue weighted by Gasteiger charge is 2.06. The van der Waals surface area contributed by atoms with Crippen LogP contribution >= 0.6 is 0 Å². The van der Waals surface area contributed by atoms with Gasteiger partial charge in [-0.3, -0.25) is 4.40 Å². The molecule has 4 rings (SSSR count). The Hall–Kier alpha value is -2.87. The summed E-state index contributed by atoms with van der Waals surface area (Å²) in [7, 11) is 0. The molecule has 2 aromatic carbocycles. The maximum Gasteiger partial charge on any atom is 0.137 e. The second-order valence-electron chi connectivity index (χ2n) is 5.02. The van der Waals surface area contributed by atoms with Crippen molar-refractivity contribution in [2.45, 2.75) is 0 Å². The molecule has 2 aromatic heterocycles. The van der Waals surface area contributed by atoms with Crippen molar-refractivity contribution in [1.82, 2.24) is 9.38 Å². The molecule has 0 spiro atoms. The van der Waals surface area contributed by atoms with Crippen molar-refractivity contribution < 1.29 is 0 Å². The lowest BCUT2D eigenvalue weighted by molar-refractivity contribution is 1.19. The minimum Gasteiger partial charge on any atom is -0.299 e. The van der Waals surface area contributed by atoms with Crippen molar-refractivity contribution in [3.8, 4) is 22.4 Å². The number of hydrogen-bond donors (Lipinski definition) is 0. The van der Waals surface area contributed by atoms with Gasteiger partial charge in [-0.2, -0.15) is 0 Å². The summed E-state index contributed by atoms with van der Waals surface area (Å²) in [6.45, 7) is 0. The predicted molar refractivity (Wildman–Crippen MR) is 86.1 cm³/mol. The summed E-state index contributed by atoms with van der Waals surface area (Å²) >= 11 is 0. The Kier molecular flexibility index (Phi) is 2.79. The average Bonchev–Trinajstić information content (AvgIpc) is 2.99. The van der Waals surface area contributed by atoms with Crippen molar-refractivity contribution in [2.75, 3.05) is 0 Å². The molecule has 21 heavy (non-hydrogen) atoms. The maximum absolute atomic E-state index is 4.49. The normalized spacial score (nSPS) is 10.9. The summed E-state index contributed by atoms with van der Waals surface area (Å²) in [5.41, 5.74) is 5.66. The molecule has 0 saturated heterocycles. The molecular weight excluding hydrogens is 256 g/mol. The van der Waals surface area contributed by atoms with E-state index in [2.05, 4.69) is 76.2 Å². The van der Waals surface area contributed by atoms with Gasteiger partial charge in [0.2, 0.25) is 0 Å². The number of fused-ring (bicyclic) bond motifs is 1. The Balaban J connectivity index is 1.91. The third-order valence-corrected chi connectivity index (χ3v) is 3.68. The molecule has 0 amide bonds. The van der Waals surface area contributed by atoms with Gasteiger partial charge in [0, 0.05) is 11.8 Å². The highest BCUT2D eigenvalue weighted by atomic mass is 15.0. The number of benzene rings is 2. The second-order valence-corrected chi connectivity index (χ2v) is 5.02. The van der Waals surface area contributed by atoms with Crippen LogP contribution in [0, 0.1) is 0 Å². The van der Waals surface area contributed by atoms with Gasteiger partial charge in [-0.15, -0.1) is 0 Å². The average molecular weight is 270 g/mol. The lowest BCUT2D eigenvalue weighted by Crippen LogP contribution is -1.89. The standard InChI is InChI=1S/C19H14N2/c1-3-7-15(8-4-1)17-11-12-19-20-13-18(21(19)14-17)16-9-5-2-6-10-16/h1-14H. The summed E-state index contributed by atoms with van der Waals surface area (Å²) < 4.78 is 2.15. The van der Waals surface area contributed by atoms with Gasteiger partial charge in [0.05, 0.1) is 11.9 Å². The van der Waals surface area contributed by atoms with Crippen LogP contribution in [0.1, 0.15) is 0 Å². The van der Waals surface area contributed by atoms with Crippen LogP contribution < -0.4 is 0 Å². The van der Waals surface area contributed by atoms with Crippen LogP contribution in [-0.2, 0) is 0 Å². The molecule has 2 nitrogen and oxygen atoms in total. The molecule has 0 atom stereocenters. The van der Waals surface area contributed by atoms with E-state index in [9.17, 15) is 0 Å². The van der Waals surface area contributed by atoms with Crippen molar-refractivity contribution >= 4 is 5.65 Å². The molecule has 0 unspecified atom stereocenters. The molecule has 4 aromatic rings. The van der Waals surface area contributed by atoms with Crippen molar-refractivity contribution in [3.05, 3.63) is 85.2 Å². The van der Waals surface area contributed by atoms with E-state index in [-0.39, 0.29) is 0 Å². The van der Waals surface area contributed by atoms with Crippen molar-refractivity contribution in [3.63, 3.8) is 0 Å². The first-order chi connectivity index (χ1) is 10.4. The van der Waals surface area contributed by atoms with E-state index < -0.39 is 0 Å². The Morgan fingerprint density at radius 1 is 0.619 bits per heavy atom. The van der Waals surface area contributed by atoms with Gasteiger partial charge in [-0.1, -0.05) is 60.7 Å². The van der Waals surface area contributed by atoms with Crippen molar-refractivity contribution in [1.29, 1.82) is 0 Å². The molecule has 0 N–H and O–H groups in total. The lowest BCUT2D eigenvalue weighted by atomic mass is 10.1. The number of rotatable bonds is 2. The SMILES string of the molecule is c1ccc(-c2ccc3ncc(-c4ccccc4)n3c2)cc1. The molecule has 0 bridgehead atoms. The monoisotopic (exact) mass is 270 g/mol. The minimum absolute atomic E-state index is 0.966. The van der Waals surface area contributed by atoms with Gasteiger partial charge in [0.25, 0.3) is 0 Å². The molecule has 0 radical (unpaired) electrons. The zero-order chi connectivity index (χ0) is 14.1. The van der Waals surface area contributed by atoms with E-state index in [4.69, 9.17) is 0 Å². The van der Waals surface area contributed by atoms with E-state index in [0.717, 1.165) is 11.3 Å². The molecule has 0 aliphatic heterocycles. The second kappa shape index (κ2) is 4.91. The first kappa shape index (κ1) is 11.9. The molecule has 0 aliphatic carbocycles. The smallest absolute Gasteiger partial charge is 0.137 e. The van der Waals surface area contributed by atoms with Gasteiger partial charge < -0.3 is 0 Å². The van der Waals surface area contributed by atoms with E-state index in [1.807, 2.05) is 18.3 Å². The fourth-order valence-corrected chi connectivity index (χ4v) is 2.60. The molecule has 0 saturated carbocycles. The Labute approximate surface area is 123 Å². The number of aromatic nitrogens is 2. The first-order valence-corrected chi connectivity index (χ1v) is 7.00. The van der Waals surface area contributed by atoms with Gasteiger partial charge in [0.1, 0.15) is 5.65 Å². The van der Waals surface area contributed by atoms with Crippen LogP contribution in [0.5, 0.6) is 0 Å². The highest BCUT2D eigenvalue weighted by molar-refractivity contribution is 5.69. The number of imidazole rings is 1. The third kappa shape index (κ3) is 2.11. The summed E-state index contributed by atoms with van der Waals surface area (Å²) in [5.74, 6) is 0. The molecule has 0 aliphatic rings. The Bertz CT molecular complexity index is 877. The zero-order valence-electron chi connectivity index (χ0n) is 11.5. The number of pyridine rings is 1. The Morgan fingerprint density at radius 2 is 1.29 bits per heavy atom. The van der Waals surface area contributed by atoms with E-state index in [1.54, 1.807) is 0 Å². The largest absolute Gasteiger partial charge is 0.299 e. The van der Waals surface area contributed by atoms with Crippen LogP contribution in [0.25, 0.3) is 28.0 Å². The number of hydrogen-bond acceptors (Lipinski definition) is 1. The Morgan fingerprint density at radius 3 is 2.00 bits per heavy atom. The molecule has 100 valence electrons. The molecule has 0 fully saturated rings. The first-order valence-electron chi connectivity index (χ1n) is 7.00. The molecular formula is C19H14N2. The lowest BCUT2D eigenvalue weighted by Gasteiger charge is -2.05. The summed E-state index contributed by atoms with van der Waals surface area (Å²) in [6.07, 6.45) is 4.08. The van der Waals surface area contributed by atoms with Gasteiger partial charge >= 0.3 is 0 Å². The maximum atomic E-state index is 4.49. The van der Waals surface area contributed by atoms with E-state index in [1.165, 1.54) is 16.7 Å². The van der Waals surface area contributed by atoms with Crippen LogP contribution in [-0.4, -0.2) is 9.38 Å². The predicted octanol–water partition coefficient (Wildman–Crippen LogP) is 4.67. The third-order valence-electron chi connectivity index (χ3n) is 3.68. The van der Waals surface area contributed by atoms with Crippen LogP contribution in [0.2, 0.25) is 0 Å². The molecule has 2 heteroatoms.